The molecule has 0 amide bonds. The summed E-state index contributed by atoms with van der Waals surface area (Å²) in [6.07, 6.45) is 7.45. The van der Waals surface area contributed by atoms with Gasteiger partial charge in [-0.2, -0.15) is 0 Å². The standard InChI is InChI=1S/C18H21N3O2S/c1-24(22,23)20-9-13-6-12(7-14(13)10-20)18-16-5-3-2-4-15(16)17-8-19-11-21(17)18/h2-5,8,11-14,18H,6-7,9-10H2,1H3. The molecule has 2 fully saturated rings. The van der Waals surface area contributed by atoms with E-state index in [0.29, 0.717) is 36.9 Å². The van der Waals surface area contributed by atoms with Crippen molar-refractivity contribution in [1.82, 2.24) is 13.9 Å². The molecule has 5 rings (SSSR count). The molecule has 3 aliphatic rings. The van der Waals surface area contributed by atoms with Gasteiger partial charge in [-0.25, -0.2) is 17.7 Å². The van der Waals surface area contributed by atoms with Gasteiger partial charge >= 0.3 is 0 Å². The Bertz CT molecular complexity index is 890. The van der Waals surface area contributed by atoms with Crippen LogP contribution in [0.3, 0.4) is 0 Å². The molecule has 0 N–H and O–H groups in total. The van der Waals surface area contributed by atoms with Gasteiger partial charge in [-0.1, -0.05) is 24.3 Å². The maximum atomic E-state index is 11.8. The molecule has 3 atom stereocenters. The number of benzene rings is 1. The van der Waals surface area contributed by atoms with Crippen LogP contribution in [0.25, 0.3) is 11.3 Å². The lowest BCUT2D eigenvalue weighted by molar-refractivity contribution is 0.349. The number of hydrogen-bond donors (Lipinski definition) is 0. The number of fused-ring (bicyclic) bond motifs is 4. The number of aromatic nitrogens is 2. The van der Waals surface area contributed by atoms with E-state index in [9.17, 15) is 8.42 Å². The van der Waals surface area contributed by atoms with E-state index < -0.39 is 10.0 Å². The summed E-state index contributed by atoms with van der Waals surface area (Å²) in [5, 5.41) is 0. The summed E-state index contributed by atoms with van der Waals surface area (Å²) in [7, 11) is -3.05. The molecule has 0 bridgehead atoms. The summed E-state index contributed by atoms with van der Waals surface area (Å²) in [5.41, 5.74) is 3.92. The first-order valence-corrected chi connectivity index (χ1v) is 10.4. The van der Waals surface area contributed by atoms with Crippen LogP contribution in [0.1, 0.15) is 24.4 Å². The van der Waals surface area contributed by atoms with E-state index in [1.165, 1.54) is 23.1 Å². The lowest BCUT2D eigenvalue weighted by atomic mass is 9.90. The Labute approximate surface area is 142 Å². The fourth-order valence-electron chi connectivity index (χ4n) is 5.19. The second-order valence-corrected chi connectivity index (χ2v) is 9.53. The topological polar surface area (TPSA) is 55.2 Å². The van der Waals surface area contributed by atoms with Gasteiger partial charge in [0.2, 0.25) is 10.0 Å². The van der Waals surface area contributed by atoms with Gasteiger partial charge in [0.15, 0.2) is 0 Å². The number of hydrogen-bond acceptors (Lipinski definition) is 3. The fourth-order valence-corrected chi connectivity index (χ4v) is 6.11. The molecular formula is C18H21N3O2S. The van der Waals surface area contributed by atoms with Gasteiger partial charge in [0, 0.05) is 18.7 Å². The van der Waals surface area contributed by atoms with Gasteiger partial charge in [-0.05, 0) is 36.2 Å². The zero-order chi connectivity index (χ0) is 16.5. The Kier molecular flexibility index (Phi) is 3.01. The first-order valence-electron chi connectivity index (χ1n) is 8.58. The van der Waals surface area contributed by atoms with Gasteiger partial charge in [0.1, 0.15) is 0 Å². The van der Waals surface area contributed by atoms with Crippen LogP contribution in [-0.4, -0.2) is 41.6 Å². The van der Waals surface area contributed by atoms with Crippen LogP contribution >= 0.6 is 0 Å². The Balaban J connectivity index is 1.44. The third kappa shape index (κ3) is 2.02. The van der Waals surface area contributed by atoms with Crippen molar-refractivity contribution >= 4 is 10.0 Å². The normalized spacial score (nSPS) is 31.9. The van der Waals surface area contributed by atoms with Crippen LogP contribution in [0.4, 0.5) is 0 Å². The number of imidazole rings is 1. The van der Waals surface area contributed by atoms with E-state index >= 15 is 0 Å². The third-order valence-electron chi connectivity index (χ3n) is 6.19. The summed E-state index contributed by atoms with van der Waals surface area (Å²) in [4.78, 5) is 4.36. The van der Waals surface area contributed by atoms with Crippen molar-refractivity contribution in [2.24, 2.45) is 17.8 Å². The molecule has 1 saturated heterocycles. The lowest BCUT2D eigenvalue weighted by Crippen LogP contribution is -2.29. The summed E-state index contributed by atoms with van der Waals surface area (Å²) < 4.78 is 27.6. The molecular weight excluding hydrogens is 322 g/mol. The van der Waals surface area contributed by atoms with Crippen molar-refractivity contribution in [3.8, 4) is 11.3 Å². The SMILES string of the molecule is CS(=O)(=O)N1CC2CC(C3c4ccccc4-c4cncn43)CC2C1. The van der Waals surface area contributed by atoms with Crippen molar-refractivity contribution in [3.05, 3.63) is 42.4 Å². The van der Waals surface area contributed by atoms with Crippen LogP contribution in [0.15, 0.2) is 36.8 Å². The van der Waals surface area contributed by atoms with Crippen LogP contribution in [-0.2, 0) is 10.0 Å². The molecule has 2 aliphatic heterocycles. The second kappa shape index (κ2) is 4.92. The Morgan fingerprint density at radius 3 is 2.50 bits per heavy atom. The maximum Gasteiger partial charge on any atom is 0.211 e. The Morgan fingerprint density at radius 2 is 1.79 bits per heavy atom. The van der Waals surface area contributed by atoms with Crippen molar-refractivity contribution in [3.63, 3.8) is 0 Å². The maximum absolute atomic E-state index is 11.8. The number of sulfonamides is 1. The molecule has 5 nitrogen and oxygen atoms in total. The first-order chi connectivity index (χ1) is 11.5. The largest absolute Gasteiger partial charge is 0.323 e. The van der Waals surface area contributed by atoms with Gasteiger partial charge in [-0.15, -0.1) is 0 Å². The summed E-state index contributed by atoms with van der Waals surface area (Å²) >= 11 is 0. The Morgan fingerprint density at radius 1 is 1.08 bits per heavy atom. The Hall–Kier alpha value is -1.66. The molecule has 1 aromatic heterocycles. The van der Waals surface area contributed by atoms with Crippen molar-refractivity contribution in [2.45, 2.75) is 18.9 Å². The number of nitrogens with zero attached hydrogens (tertiary/aromatic N) is 3. The van der Waals surface area contributed by atoms with Gasteiger partial charge in [-0.3, -0.25) is 0 Å². The average Bonchev–Trinajstić information content (AvgIpc) is 3.24. The third-order valence-corrected chi connectivity index (χ3v) is 7.43. The predicted molar refractivity (Wildman–Crippen MR) is 91.9 cm³/mol. The van der Waals surface area contributed by atoms with Gasteiger partial charge < -0.3 is 4.57 Å². The smallest absolute Gasteiger partial charge is 0.211 e. The van der Waals surface area contributed by atoms with Crippen molar-refractivity contribution < 1.29 is 8.42 Å². The van der Waals surface area contributed by atoms with Crippen LogP contribution in [0.2, 0.25) is 0 Å². The molecule has 3 unspecified atom stereocenters. The minimum atomic E-state index is -3.05. The monoisotopic (exact) mass is 343 g/mol. The van der Waals surface area contributed by atoms with Gasteiger partial charge in [0.05, 0.1) is 30.5 Å². The molecule has 126 valence electrons. The molecule has 3 heterocycles. The van der Waals surface area contributed by atoms with Gasteiger partial charge in [0.25, 0.3) is 0 Å². The quantitative estimate of drug-likeness (QED) is 0.841. The summed E-state index contributed by atoms with van der Waals surface area (Å²) in [6.45, 7) is 1.40. The van der Waals surface area contributed by atoms with E-state index in [1.54, 1.807) is 4.31 Å². The molecule has 6 heteroatoms. The summed E-state index contributed by atoms with van der Waals surface area (Å²) in [5.74, 6) is 1.58. The van der Waals surface area contributed by atoms with Crippen LogP contribution in [0.5, 0.6) is 0 Å². The second-order valence-electron chi connectivity index (χ2n) is 7.55. The highest BCUT2D eigenvalue weighted by Gasteiger charge is 2.47. The lowest BCUT2D eigenvalue weighted by Gasteiger charge is -2.24. The first kappa shape index (κ1) is 14.7. The molecule has 1 saturated carbocycles. The number of rotatable bonds is 2. The van der Waals surface area contributed by atoms with E-state index in [4.69, 9.17) is 0 Å². The van der Waals surface area contributed by atoms with Crippen LogP contribution < -0.4 is 0 Å². The fraction of sp³-hybridized carbons (Fsp3) is 0.500. The predicted octanol–water partition coefficient (Wildman–Crippen LogP) is 2.37. The van der Waals surface area contributed by atoms with E-state index in [-0.39, 0.29) is 0 Å². The van der Waals surface area contributed by atoms with Crippen LogP contribution in [0, 0.1) is 17.8 Å². The molecule has 1 aliphatic carbocycles. The molecule has 1 aromatic carbocycles. The highest BCUT2D eigenvalue weighted by atomic mass is 32.2. The van der Waals surface area contributed by atoms with E-state index in [1.807, 2.05) is 12.5 Å². The highest BCUT2D eigenvalue weighted by Crippen LogP contribution is 2.52. The highest BCUT2D eigenvalue weighted by molar-refractivity contribution is 7.88. The zero-order valence-electron chi connectivity index (χ0n) is 13.7. The minimum Gasteiger partial charge on any atom is -0.323 e. The minimum absolute atomic E-state index is 0.357. The van der Waals surface area contributed by atoms with E-state index in [2.05, 4.69) is 33.8 Å². The van der Waals surface area contributed by atoms with E-state index in [0.717, 1.165) is 12.8 Å². The van der Waals surface area contributed by atoms with Crippen molar-refractivity contribution in [2.75, 3.05) is 19.3 Å². The summed E-state index contributed by atoms with van der Waals surface area (Å²) in [6, 6.07) is 8.99. The average molecular weight is 343 g/mol. The molecule has 0 radical (unpaired) electrons. The zero-order valence-corrected chi connectivity index (χ0v) is 14.5. The molecule has 0 spiro atoms. The van der Waals surface area contributed by atoms with Crippen molar-refractivity contribution in [1.29, 1.82) is 0 Å². The molecule has 2 aromatic rings. The molecule has 24 heavy (non-hydrogen) atoms.